The van der Waals surface area contributed by atoms with Crippen LogP contribution < -0.4 is 10.5 Å². The molecule has 0 radical (unpaired) electrons. The van der Waals surface area contributed by atoms with Crippen molar-refractivity contribution in [2.75, 3.05) is 13.1 Å². The molecular formula is C17H23N3O5S. The SMILES string of the molecule is CC(C)[C@H](NS(=O)(=O)c1ccc2[nH]c(=O)oc2c1)C(=O)N1CCCCC1. The zero-order valence-electron chi connectivity index (χ0n) is 14.8. The summed E-state index contributed by atoms with van der Waals surface area (Å²) < 4.78 is 33.0. The molecule has 1 fully saturated rings. The summed E-state index contributed by atoms with van der Waals surface area (Å²) in [5, 5.41) is 0. The number of likely N-dealkylation sites (tertiary alicyclic amines) is 1. The molecule has 1 aliphatic heterocycles. The van der Waals surface area contributed by atoms with Crippen molar-refractivity contribution in [3.8, 4) is 0 Å². The highest BCUT2D eigenvalue weighted by molar-refractivity contribution is 7.89. The van der Waals surface area contributed by atoms with E-state index in [0.717, 1.165) is 19.3 Å². The first kappa shape index (κ1) is 18.7. The van der Waals surface area contributed by atoms with Crippen LogP contribution >= 0.6 is 0 Å². The maximum absolute atomic E-state index is 12.8. The Labute approximate surface area is 151 Å². The quantitative estimate of drug-likeness (QED) is 0.814. The lowest BCUT2D eigenvalue weighted by atomic mass is 10.0. The number of oxazole rings is 1. The van der Waals surface area contributed by atoms with Crippen LogP contribution in [0.15, 0.2) is 32.3 Å². The molecule has 0 spiro atoms. The second-order valence-electron chi connectivity index (χ2n) is 6.90. The number of H-pyrrole nitrogens is 1. The lowest BCUT2D eigenvalue weighted by Crippen LogP contribution is -2.52. The van der Waals surface area contributed by atoms with Gasteiger partial charge in [-0.25, -0.2) is 13.2 Å². The summed E-state index contributed by atoms with van der Waals surface area (Å²) in [6.45, 7) is 4.93. The van der Waals surface area contributed by atoms with Gasteiger partial charge < -0.3 is 9.32 Å². The van der Waals surface area contributed by atoms with Gasteiger partial charge in [-0.1, -0.05) is 13.8 Å². The Balaban J connectivity index is 1.86. The smallest absolute Gasteiger partial charge is 0.408 e. The van der Waals surface area contributed by atoms with E-state index in [2.05, 4.69) is 9.71 Å². The number of nitrogens with zero attached hydrogens (tertiary/aromatic N) is 1. The highest BCUT2D eigenvalue weighted by Crippen LogP contribution is 2.19. The molecule has 0 saturated carbocycles. The van der Waals surface area contributed by atoms with Crippen molar-refractivity contribution in [2.45, 2.75) is 44.0 Å². The lowest BCUT2D eigenvalue weighted by molar-refractivity contribution is -0.134. The van der Waals surface area contributed by atoms with Crippen molar-refractivity contribution in [2.24, 2.45) is 5.92 Å². The normalized spacial score (nSPS) is 17.0. The number of carbonyl (C=O) groups excluding carboxylic acids is 1. The Morgan fingerprint density at radius 3 is 2.58 bits per heavy atom. The first-order valence-corrected chi connectivity index (χ1v) is 10.2. The van der Waals surface area contributed by atoms with Crippen molar-refractivity contribution in [3.63, 3.8) is 0 Å². The van der Waals surface area contributed by atoms with Gasteiger partial charge in [-0.2, -0.15) is 4.72 Å². The minimum absolute atomic E-state index is 0.0511. The van der Waals surface area contributed by atoms with E-state index in [-0.39, 0.29) is 22.3 Å². The molecular weight excluding hydrogens is 358 g/mol. The van der Waals surface area contributed by atoms with Crippen molar-refractivity contribution < 1.29 is 17.6 Å². The number of hydrogen-bond donors (Lipinski definition) is 2. The monoisotopic (exact) mass is 381 g/mol. The third-order valence-corrected chi connectivity index (χ3v) is 6.02. The molecule has 3 rings (SSSR count). The molecule has 1 aliphatic rings. The second-order valence-corrected chi connectivity index (χ2v) is 8.62. The van der Waals surface area contributed by atoms with Crippen molar-refractivity contribution in [3.05, 3.63) is 28.7 Å². The van der Waals surface area contributed by atoms with Gasteiger partial charge in [-0.05, 0) is 37.3 Å². The molecule has 1 amide bonds. The molecule has 2 heterocycles. The summed E-state index contributed by atoms with van der Waals surface area (Å²) in [5.74, 6) is -1.05. The number of benzene rings is 1. The molecule has 0 bridgehead atoms. The molecule has 1 atom stereocenters. The van der Waals surface area contributed by atoms with Gasteiger partial charge in [0.2, 0.25) is 15.9 Å². The van der Waals surface area contributed by atoms with E-state index in [9.17, 15) is 18.0 Å². The fourth-order valence-corrected chi connectivity index (χ4v) is 4.46. The lowest BCUT2D eigenvalue weighted by Gasteiger charge is -2.32. The topological polar surface area (TPSA) is 112 Å². The van der Waals surface area contributed by atoms with Crippen LogP contribution in [0.1, 0.15) is 33.1 Å². The van der Waals surface area contributed by atoms with Gasteiger partial charge in [0.1, 0.15) is 6.04 Å². The van der Waals surface area contributed by atoms with Crippen molar-refractivity contribution in [1.82, 2.24) is 14.6 Å². The number of piperidine rings is 1. The Bertz CT molecular complexity index is 954. The van der Waals surface area contributed by atoms with Gasteiger partial charge >= 0.3 is 5.76 Å². The zero-order valence-corrected chi connectivity index (χ0v) is 15.6. The van der Waals surface area contributed by atoms with Gasteiger partial charge in [0, 0.05) is 19.2 Å². The molecule has 2 aromatic rings. The van der Waals surface area contributed by atoms with Crippen molar-refractivity contribution in [1.29, 1.82) is 0 Å². The highest BCUT2D eigenvalue weighted by atomic mass is 32.2. The number of nitrogens with one attached hydrogen (secondary N) is 2. The van der Waals surface area contributed by atoms with Crippen LogP contribution in [-0.4, -0.2) is 43.3 Å². The molecule has 2 N–H and O–H groups in total. The Morgan fingerprint density at radius 2 is 1.92 bits per heavy atom. The van der Waals surface area contributed by atoms with Crippen LogP contribution in [0.25, 0.3) is 11.1 Å². The van der Waals surface area contributed by atoms with Crippen LogP contribution in [0.3, 0.4) is 0 Å². The largest absolute Gasteiger partial charge is 0.417 e. The second kappa shape index (κ2) is 7.24. The van der Waals surface area contributed by atoms with Gasteiger partial charge in [0.25, 0.3) is 0 Å². The van der Waals surface area contributed by atoms with Gasteiger partial charge in [-0.15, -0.1) is 0 Å². The fraction of sp³-hybridized carbons (Fsp3) is 0.529. The van der Waals surface area contributed by atoms with E-state index >= 15 is 0 Å². The molecule has 1 aromatic carbocycles. The molecule has 26 heavy (non-hydrogen) atoms. The van der Waals surface area contributed by atoms with Crippen LogP contribution in [0, 0.1) is 5.92 Å². The Morgan fingerprint density at radius 1 is 1.23 bits per heavy atom. The van der Waals surface area contributed by atoms with E-state index in [0.29, 0.717) is 18.6 Å². The van der Waals surface area contributed by atoms with E-state index in [1.54, 1.807) is 4.90 Å². The predicted molar refractivity (Wildman–Crippen MR) is 96.2 cm³/mol. The molecule has 9 heteroatoms. The molecule has 142 valence electrons. The summed E-state index contributed by atoms with van der Waals surface area (Å²) >= 11 is 0. The summed E-state index contributed by atoms with van der Waals surface area (Å²) in [6.07, 6.45) is 2.96. The van der Waals surface area contributed by atoms with E-state index < -0.39 is 21.8 Å². The van der Waals surface area contributed by atoms with E-state index in [4.69, 9.17) is 4.42 Å². The molecule has 1 saturated heterocycles. The molecule has 1 aromatic heterocycles. The van der Waals surface area contributed by atoms with Crippen LogP contribution in [0.5, 0.6) is 0 Å². The highest BCUT2D eigenvalue weighted by Gasteiger charge is 2.32. The molecule has 0 aliphatic carbocycles. The van der Waals surface area contributed by atoms with Gasteiger partial charge in [0.05, 0.1) is 10.4 Å². The number of amides is 1. The maximum Gasteiger partial charge on any atom is 0.417 e. The van der Waals surface area contributed by atoms with Gasteiger partial charge in [0.15, 0.2) is 5.58 Å². The number of carbonyl (C=O) groups is 1. The summed E-state index contributed by atoms with van der Waals surface area (Å²) in [5.41, 5.74) is 0.570. The average Bonchev–Trinajstić information content (AvgIpc) is 2.99. The summed E-state index contributed by atoms with van der Waals surface area (Å²) in [6, 6.07) is 3.27. The number of rotatable bonds is 5. The average molecular weight is 381 g/mol. The number of aromatic nitrogens is 1. The zero-order chi connectivity index (χ0) is 18.9. The Hall–Kier alpha value is -2.13. The fourth-order valence-electron chi connectivity index (χ4n) is 3.11. The molecule has 0 unspecified atom stereocenters. The number of sulfonamides is 1. The first-order valence-electron chi connectivity index (χ1n) is 8.72. The first-order chi connectivity index (χ1) is 12.3. The minimum atomic E-state index is -3.94. The van der Waals surface area contributed by atoms with Crippen LogP contribution in [0.2, 0.25) is 0 Å². The van der Waals surface area contributed by atoms with Gasteiger partial charge in [-0.3, -0.25) is 9.78 Å². The van der Waals surface area contributed by atoms with E-state index in [1.807, 2.05) is 13.8 Å². The summed E-state index contributed by atoms with van der Waals surface area (Å²) in [4.78, 5) is 28.2. The Kier molecular flexibility index (Phi) is 5.19. The molecule has 8 nitrogen and oxygen atoms in total. The third-order valence-electron chi connectivity index (χ3n) is 4.59. The third kappa shape index (κ3) is 3.83. The van der Waals surface area contributed by atoms with Crippen LogP contribution in [0.4, 0.5) is 0 Å². The standard InChI is InChI=1S/C17H23N3O5S/c1-11(2)15(16(21)20-8-4-3-5-9-20)19-26(23,24)12-6-7-13-14(10-12)25-17(22)18-13/h6-7,10-11,15,19H,3-5,8-9H2,1-2H3,(H,18,22)/t15-/m0/s1. The van der Waals surface area contributed by atoms with Crippen LogP contribution in [-0.2, 0) is 14.8 Å². The maximum atomic E-state index is 12.8. The minimum Gasteiger partial charge on any atom is -0.408 e. The van der Waals surface area contributed by atoms with Crippen molar-refractivity contribution >= 4 is 27.0 Å². The van der Waals surface area contributed by atoms with E-state index in [1.165, 1.54) is 18.2 Å². The summed E-state index contributed by atoms with van der Waals surface area (Å²) in [7, 11) is -3.94. The number of aromatic amines is 1. The predicted octanol–water partition coefficient (Wildman–Crippen LogP) is 1.44. The number of fused-ring (bicyclic) bond motifs is 1. The number of hydrogen-bond acceptors (Lipinski definition) is 5.